The van der Waals surface area contributed by atoms with Gasteiger partial charge in [0, 0.05) is 39.8 Å². The molecule has 0 fully saturated rings. The third-order valence-corrected chi connectivity index (χ3v) is 3.48. The molecule has 0 amide bonds. The van der Waals surface area contributed by atoms with Gasteiger partial charge in [0.05, 0.1) is 13.2 Å². The first-order valence-corrected chi connectivity index (χ1v) is 7.30. The first-order valence-electron chi connectivity index (χ1n) is 7.30. The molecule has 1 heterocycles. The summed E-state index contributed by atoms with van der Waals surface area (Å²) in [7, 11) is 1.61. The van der Waals surface area contributed by atoms with E-state index in [1.54, 1.807) is 25.3 Å². The molecule has 0 saturated carbocycles. The monoisotopic (exact) mass is 409 g/mol. The Labute approximate surface area is 166 Å². The van der Waals surface area contributed by atoms with Crippen molar-refractivity contribution in [2.45, 2.75) is 13.3 Å². The molecule has 6 heteroatoms. The van der Waals surface area contributed by atoms with Crippen molar-refractivity contribution in [3.63, 3.8) is 0 Å². The van der Waals surface area contributed by atoms with Crippen LogP contribution >= 0.6 is 0 Å². The Balaban J connectivity index is 0.00000288. The Morgan fingerprint density at radius 2 is 1.88 bits per heavy atom. The molecule has 24 heavy (non-hydrogen) atoms. The van der Waals surface area contributed by atoms with Gasteiger partial charge >= 0.3 is 0 Å². The summed E-state index contributed by atoms with van der Waals surface area (Å²) < 4.78 is 36.2. The van der Waals surface area contributed by atoms with Gasteiger partial charge in [-0.3, -0.25) is 0 Å². The molecule has 1 aliphatic rings. The van der Waals surface area contributed by atoms with Gasteiger partial charge in [0.25, 0.3) is 6.43 Å². The van der Waals surface area contributed by atoms with Crippen LogP contribution in [0.1, 0.15) is 12.5 Å². The maximum atomic E-state index is 12.9. The van der Waals surface area contributed by atoms with Gasteiger partial charge in [-0.25, -0.2) is 8.78 Å². The number of allylic oxidation sites excluding steroid dienone is 3. The Hall–Kier alpha value is -1.04. The zero-order valence-electron chi connectivity index (χ0n) is 13.9. The fourth-order valence-corrected chi connectivity index (χ4v) is 2.22. The molecule has 1 radical (unpaired) electrons. The van der Waals surface area contributed by atoms with E-state index in [4.69, 9.17) is 9.47 Å². The average Bonchev–Trinajstić information content (AvgIpc) is 2.53. The van der Waals surface area contributed by atoms with Crippen LogP contribution in [0.4, 0.5) is 8.78 Å². The summed E-state index contributed by atoms with van der Waals surface area (Å²) in [6, 6.07) is 7.25. The number of alkyl halides is 2. The largest absolute Gasteiger partial charge is 0.491 e. The van der Waals surface area contributed by atoms with E-state index in [9.17, 15) is 8.78 Å². The predicted molar refractivity (Wildman–Crippen MR) is 86.1 cm³/mol. The quantitative estimate of drug-likeness (QED) is 0.504. The van der Waals surface area contributed by atoms with Crippen LogP contribution in [0.3, 0.4) is 0 Å². The van der Waals surface area contributed by atoms with Gasteiger partial charge in [0.1, 0.15) is 12.4 Å². The van der Waals surface area contributed by atoms with Gasteiger partial charge in [-0.1, -0.05) is 24.8 Å². The van der Waals surface area contributed by atoms with Gasteiger partial charge in [-0.15, -0.1) is 17.7 Å². The van der Waals surface area contributed by atoms with Crippen molar-refractivity contribution >= 4 is 5.70 Å². The zero-order chi connectivity index (χ0) is 16.8. The van der Waals surface area contributed by atoms with Crippen molar-refractivity contribution in [1.82, 2.24) is 4.90 Å². The smallest absolute Gasteiger partial charge is 0.256 e. The van der Waals surface area contributed by atoms with E-state index < -0.39 is 13.0 Å². The third-order valence-electron chi connectivity index (χ3n) is 3.48. The first kappa shape index (κ1) is 21.0. The van der Waals surface area contributed by atoms with Crippen LogP contribution in [0, 0.1) is 6.08 Å². The maximum absolute atomic E-state index is 12.9. The predicted octanol–water partition coefficient (Wildman–Crippen LogP) is 3.89. The van der Waals surface area contributed by atoms with Gasteiger partial charge < -0.3 is 14.4 Å². The van der Waals surface area contributed by atoms with Crippen LogP contribution in [0.5, 0.6) is 5.75 Å². The Morgan fingerprint density at radius 1 is 1.21 bits per heavy atom. The molecule has 0 spiro atoms. The van der Waals surface area contributed by atoms with Crippen molar-refractivity contribution < 1.29 is 51.0 Å². The fourth-order valence-electron chi connectivity index (χ4n) is 2.22. The van der Waals surface area contributed by atoms with Gasteiger partial charge in [0.2, 0.25) is 0 Å². The summed E-state index contributed by atoms with van der Waals surface area (Å²) in [5.74, 6) is 0.702. The van der Waals surface area contributed by atoms with E-state index in [1.807, 2.05) is 19.1 Å². The molecule has 0 aliphatic carbocycles. The molecule has 1 aromatic carbocycles. The summed E-state index contributed by atoms with van der Waals surface area (Å²) in [6.07, 6.45) is 2.38. The van der Waals surface area contributed by atoms with Crippen molar-refractivity contribution in [2.24, 2.45) is 0 Å². The normalized spacial score (nSPS) is 14.2. The summed E-state index contributed by atoms with van der Waals surface area (Å²) in [5, 5.41) is 0. The molecule has 0 unspecified atom stereocenters. The summed E-state index contributed by atoms with van der Waals surface area (Å²) >= 11 is 0. The second-order valence-electron chi connectivity index (χ2n) is 5.13. The van der Waals surface area contributed by atoms with Crippen LogP contribution in [-0.2, 0) is 37.4 Å². The molecule has 0 N–H and O–H groups in total. The van der Waals surface area contributed by atoms with Crippen LogP contribution in [0.15, 0.2) is 48.2 Å². The molecule has 127 valence electrons. The van der Waals surface area contributed by atoms with E-state index in [0.717, 1.165) is 11.1 Å². The molecular weight excluding hydrogens is 389 g/mol. The zero-order valence-corrected chi connectivity index (χ0v) is 16.7. The van der Waals surface area contributed by atoms with Gasteiger partial charge in [-0.2, -0.15) is 12.2 Å². The van der Waals surface area contributed by atoms with Crippen molar-refractivity contribution in [2.75, 3.05) is 26.9 Å². The van der Waals surface area contributed by atoms with E-state index in [1.165, 1.54) is 4.90 Å². The Kier molecular flexibility index (Phi) is 8.81. The molecule has 2 rings (SSSR count). The molecule has 0 aromatic heterocycles. The van der Waals surface area contributed by atoms with E-state index in [2.05, 4.69) is 12.7 Å². The Morgan fingerprint density at radius 3 is 2.46 bits per heavy atom. The molecule has 0 saturated heterocycles. The average molecular weight is 409 g/mol. The molecule has 1 aliphatic heterocycles. The maximum Gasteiger partial charge on any atom is 0.256 e. The van der Waals surface area contributed by atoms with E-state index in [-0.39, 0.29) is 32.7 Å². The molecular formula is C18H20F2NO2Y-. The summed E-state index contributed by atoms with van der Waals surface area (Å²) in [6.45, 7) is 6.29. The minimum atomic E-state index is -2.45. The summed E-state index contributed by atoms with van der Waals surface area (Å²) in [4.78, 5) is 1.50. The van der Waals surface area contributed by atoms with E-state index >= 15 is 0 Å². The van der Waals surface area contributed by atoms with E-state index in [0.29, 0.717) is 30.4 Å². The second-order valence-corrected chi connectivity index (χ2v) is 5.13. The molecule has 3 nitrogen and oxygen atoms in total. The summed E-state index contributed by atoms with van der Waals surface area (Å²) in [5.41, 5.74) is 2.77. The van der Waals surface area contributed by atoms with Crippen LogP contribution in [-0.4, -0.2) is 38.2 Å². The number of halogens is 2. The topological polar surface area (TPSA) is 21.7 Å². The second kappa shape index (κ2) is 10.1. The van der Waals surface area contributed by atoms with Crippen LogP contribution in [0.2, 0.25) is 0 Å². The molecule has 0 bridgehead atoms. The fraction of sp³-hybridized carbons (Fsp3) is 0.333. The minimum Gasteiger partial charge on any atom is -0.491 e. The van der Waals surface area contributed by atoms with Gasteiger partial charge in [0.15, 0.2) is 0 Å². The minimum absolute atomic E-state index is 0. The Bertz CT molecular complexity index is 612. The molecule has 1 aromatic rings. The third kappa shape index (κ3) is 5.50. The molecule has 0 atom stereocenters. The van der Waals surface area contributed by atoms with Crippen molar-refractivity contribution in [3.8, 4) is 5.75 Å². The number of rotatable bonds is 7. The SMILES string of the molecule is C=C1C(C)=C[C-]=C(c2ccc(OCCOC)cc2)N1CC(F)F.[Y]. The number of ether oxygens (including phenoxy) is 2. The number of hydrogen-bond donors (Lipinski definition) is 0. The van der Waals surface area contributed by atoms with Crippen molar-refractivity contribution in [1.29, 1.82) is 0 Å². The number of nitrogens with zero attached hydrogens (tertiary/aromatic N) is 1. The number of benzene rings is 1. The van der Waals surface area contributed by atoms with Crippen LogP contribution in [0.25, 0.3) is 5.70 Å². The number of methoxy groups -OCH3 is 1. The standard InChI is InChI=1S/C18H20F2NO2.Y/c1-13-4-9-17(21(14(13)2)12-18(19)20)15-5-7-16(8-6-15)23-11-10-22-3;/h4-8,18H,2,10-12H2,1,3H3;/q-1;. The first-order chi connectivity index (χ1) is 11.0. The van der Waals surface area contributed by atoms with Gasteiger partial charge in [-0.05, 0) is 17.8 Å². The number of hydrogen-bond acceptors (Lipinski definition) is 3. The van der Waals surface area contributed by atoms with Crippen molar-refractivity contribution in [3.05, 3.63) is 59.8 Å². The van der Waals surface area contributed by atoms with Crippen LogP contribution < -0.4 is 4.74 Å².